The highest BCUT2D eigenvalue weighted by atomic mass is 19.2. The maximum atomic E-state index is 13.1. The number of hydrogen-bond donors (Lipinski definition) is 3. The molecule has 0 spiro atoms. The Hall–Kier alpha value is -2.09. The lowest BCUT2D eigenvalue weighted by Gasteiger charge is -2.08. The molecule has 1 aromatic carbocycles. The Morgan fingerprint density at radius 2 is 1.83 bits per heavy atom. The second kappa shape index (κ2) is 5.50. The summed E-state index contributed by atoms with van der Waals surface area (Å²) in [6.45, 7) is -0.688. The van der Waals surface area contributed by atoms with E-state index in [0.29, 0.717) is 12.1 Å². The van der Waals surface area contributed by atoms with E-state index in [1.807, 2.05) is 5.32 Å². The SMILES string of the molecule is O=C(NCC(O)C(=O)O)c1ccc(F)c(F)c1F. The normalized spacial score (nSPS) is 12.0. The molecule has 1 unspecified atom stereocenters. The predicted molar refractivity (Wildman–Crippen MR) is 52.3 cm³/mol. The van der Waals surface area contributed by atoms with Gasteiger partial charge in [0.15, 0.2) is 23.6 Å². The molecule has 1 amide bonds. The second-order valence-electron chi connectivity index (χ2n) is 3.29. The summed E-state index contributed by atoms with van der Waals surface area (Å²) in [6, 6.07) is 1.26. The number of amides is 1. The summed E-state index contributed by atoms with van der Waals surface area (Å²) < 4.78 is 38.5. The summed E-state index contributed by atoms with van der Waals surface area (Å²) >= 11 is 0. The van der Waals surface area contributed by atoms with Crippen molar-refractivity contribution in [2.75, 3.05) is 6.54 Å². The molecule has 1 atom stereocenters. The quantitative estimate of drug-likeness (QED) is 0.681. The molecule has 3 N–H and O–H groups in total. The molecule has 0 aliphatic heterocycles. The van der Waals surface area contributed by atoms with Crippen molar-refractivity contribution < 1.29 is 33.0 Å². The summed E-state index contributed by atoms with van der Waals surface area (Å²) in [5, 5.41) is 19.0. The summed E-state index contributed by atoms with van der Waals surface area (Å²) in [7, 11) is 0. The van der Waals surface area contributed by atoms with E-state index in [4.69, 9.17) is 10.2 Å². The van der Waals surface area contributed by atoms with Gasteiger partial charge in [0.2, 0.25) is 0 Å². The lowest BCUT2D eigenvalue weighted by molar-refractivity contribution is -0.146. The average molecular weight is 263 g/mol. The summed E-state index contributed by atoms with van der Waals surface area (Å²) in [5.41, 5.74) is -0.786. The maximum Gasteiger partial charge on any atom is 0.334 e. The molecule has 0 saturated carbocycles. The van der Waals surface area contributed by atoms with Crippen LogP contribution in [0, 0.1) is 17.5 Å². The molecule has 1 rings (SSSR count). The highest BCUT2D eigenvalue weighted by Crippen LogP contribution is 2.14. The van der Waals surface area contributed by atoms with Crippen LogP contribution in [0.15, 0.2) is 12.1 Å². The number of aliphatic hydroxyl groups is 1. The standard InChI is InChI=1S/C10H8F3NO4/c11-5-2-1-4(7(12)8(5)13)9(16)14-3-6(15)10(17)18/h1-2,6,15H,3H2,(H,14,16)(H,17,18). The largest absolute Gasteiger partial charge is 0.479 e. The van der Waals surface area contributed by atoms with Crippen molar-refractivity contribution in [2.45, 2.75) is 6.10 Å². The Kier molecular flexibility index (Phi) is 4.27. The van der Waals surface area contributed by atoms with Gasteiger partial charge in [-0.1, -0.05) is 0 Å². The van der Waals surface area contributed by atoms with Gasteiger partial charge in [-0.2, -0.15) is 0 Å². The number of aliphatic hydroxyl groups excluding tert-OH is 1. The van der Waals surface area contributed by atoms with E-state index in [2.05, 4.69) is 0 Å². The topological polar surface area (TPSA) is 86.6 Å². The van der Waals surface area contributed by atoms with E-state index in [9.17, 15) is 22.8 Å². The zero-order chi connectivity index (χ0) is 13.9. The Morgan fingerprint density at radius 3 is 2.39 bits per heavy atom. The van der Waals surface area contributed by atoms with Gasteiger partial charge in [0.1, 0.15) is 0 Å². The van der Waals surface area contributed by atoms with Crippen molar-refractivity contribution in [3.63, 3.8) is 0 Å². The molecule has 0 fully saturated rings. The fourth-order valence-electron chi connectivity index (χ4n) is 1.07. The highest BCUT2D eigenvalue weighted by molar-refractivity contribution is 5.94. The molecule has 0 heterocycles. The van der Waals surface area contributed by atoms with Crippen LogP contribution in [-0.4, -0.2) is 34.7 Å². The number of carbonyl (C=O) groups is 2. The predicted octanol–water partition coefficient (Wildman–Crippen LogP) is 0.279. The Bertz CT molecular complexity index is 492. The van der Waals surface area contributed by atoms with E-state index >= 15 is 0 Å². The molecule has 0 saturated heterocycles. The molecule has 98 valence electrons. The van der Waals surface area contributed by atoms with Gasteiger partial charge in [-0.3, -0.25) is 4.79 Å². The van der Waals surface area contributed by atoms with E-state index in [1.165, 1.54) is 0 Å². The number of carboxylic acids is 1. The number of halogens is 3. The van der Waals surface area contributed by atoms with Gasteiger partial charge in [0, 0.05) is 0 Å². The first-order valence-corrected chi connectivity index (χ1v) is 4.67. The van der Waals surface area contributed by atoms with Crippen LogP contribution in [0.4, 0.5) is 13.2 Å². The minimum atomic E-state index is -1.87. The van der Waals surface area contributed by atoms with Crippen LogP contribution in [-0.2, 0) is 4.79 Å². The molecular weight excluding hydrogens is 255 g/mol. The first-order valence-electron chi connectivity index (χ1n) is 4.67. The molecule has 0 aliphatic rings. The number of hydrogen-bond acceptors (Lipinski definition) is 3. The van der Waals surface area contributed by atoms with Crippen LogP contribution in [0.2, 0.25) is 0 Å². The third kappa shape index (κ3) is 2.98. The van der Waals surface area contributed by atoms with Crippen LogP contribution in [0.3, 0.4) is 0 Å². The summed E-state index contributed by atoms with van der Waals surface area (Å²) in [5.74, 6) is -7.68. The molecule has 18 heavy (non-hydrogen) atoms. The number of rotatable bonds is 4. The molecule has 5 nitrogen and oxygen atoms in total. The van der Waals surface area contributed by atoms with Crippen molar-refractivity contribution in [3.05, 3.63) is 35.1 Å². The fraction of sp³-hybridized carbons (Fsp3) is 0.200. The Labute approximate surface area is 98.8 Å². The first-order chi connectivity index (χ1) is 8.34. The van der Waals surface area contributed by atoms with Crippen LogP contribution in [0.25, 0.3) is 0 Å². The van der Waals surface area contributed by atoms with Crippen molar-refractivity contribution in [2.24, 2.45) is 0 Å². The van der Waals surface area contributed by atoms with Gasteiger partial charge >= 0.3 is 5.97 Å². The average Bonchev–Trinajstić information content (AvgIpc) is 2.32. The Morgan fingerprint density at radius 1 is 1.22 bits per heavy atom. The number of nitrogens with one attached hydrogen (secondary N) is 1. The third-order valence-electron chi connectivity index (χ3n) is 2.02. The summed E-state index contributed by atoms with van der Waals surface area (Å²) in [4.78, 5) is 21.5. The molecular formula is C10H8F3NO4. The van der Waals surface area contributed by atoms with Crippen molar-refractivity contribution >= 4 is 11.9 Å². The summed E-state index contributed by atoms with van der Waals surface area (Å²) in [6.07, 6.45) is -1.87. The van der Waals surface area contributed by atoms with Crippen LogP contribution >= 0.6 is 0 Å². The molecule has 0 aromatic heterocycles. The van der Waals surface area contributed by atoms with Gasteiger partial charge < -0.3 is 15.5 Å². The zero-order valence-electron chi connectivity index (χ0n) is 8.78. The van der Waals surface area contributed by atoms with E-state index in [1.54, 1.807) is 0 Å². The van der Waals surface area contributed by atoms with Gasteiger partial charge in [-0.05, 0) is 12.1 Å². The third-order valence-corrected chi connectivity index (χ3v) is 2.02. The number of benzene rings is 1. The molecule has 8 heteroatoms. The van der Waals surface area contributed by atoms with E-state index < -0.39 is 47.5 Å². The zero-order valence-corrected chi connectivity index (χ0v) is 8.78. The van der Waals surface area contributed by atoms with E-state index in [-0.39, 0.29) is 0 Å². The monoisotopic (exact) mass is 263 g/mol. The Balaban J connectivity index is 2.80. The van der Waals surface area contributed by atoms with Crippen molar-refractivity contribution in [3.8, 4) is 0 Å². The smallest absolute Gasteiger partial charge is 0.334 e. The maximum absolute atomic E-state index is 13.1. The highest BCUT2D eigenvalue weighted by Gasteiger charge is 2.20. The van der Waals surface area contributed by atoms with Crippen LogP contribution < -0.4 is 5.32 Å². The molecule has 0 aliphatic carbocycles. The van der Waals surface area contributed by atoms with Gasteiger partial charge in [0.25, 0.3) is 5.91 Å². The minimum absolute atomic E-state index is 0.556. The number of carbonyl (C=O) groups excluding carboxylic acids is 1. The molecule has 1 aromatic rings. The van der Waals surface area contributed by atoms with Gasteiger partial charge in [-0.15, -0.1) is 0 Å². The fourth-order valence-corrected chi connectivity index (χ4v) is 1.07. The number of aliphatic carboxylic acids is 1. The van der Waals surface area contributed by atoms with Crippen molar-refractivity contribution in [1.29, 1.82) is 0 Å². The van der Waals surface area contributed by atoms with Gasteiger partial charge in [0.05, 0.1) is 12.1 Å². The minimum Gasteiger partial charge on any atom is -0.479 e. The lowest BCUT2D eigenvalue weighted by atomic mass is 10.2. The van der Waals surface area contributed by atoms with E-state index in [0.717, 1.165) is 0 Å². The van der Waals surface area contributed by atoms with Crippen molar-refractivity contribution in [1.82, 2.24) is 5.32 Å². The number of carboxylic acid groups (broad SMARTS) is 1. The van der Waals surface area contributed by atoms with Crippen LogP contribution in [0.5, 0.6) is 0 Å². The first kappa shape index (κ1) is 14.0. The molecule has 0 bridgehead atoms. The van der Waals surface area contributed by atoms with Gasteiger partial charge in [-0.25, -0.2) is 18.0 Å². The van der Waals surface area contributed by atoms with Crippen LogP contribution in [0.1, 0.15) is 10.4 Å². The lowest BCUT2D eigenvalue weighted by Crippen LogP contribution is -2.36. The second-order valence-corrected chi connectivity index (χ2v) is 3.29. The molecule has 0 radical (unpaired) electrons.